The maximum atomic E-state index is 13.0. The number of anilines is 2. The number of carbonyl (C=O) groups is 3. The Morgan fingerprint density at radius 1 is 1.11 bits per heavy atom. The SMILES string of the molecule is C=CCN1C(=O)N(c2ccccc2)C(=O)C1CC(=O)Nc1ccc(F)cc1. The van der Waals surface area contributed by atoms with Crippen molar-refractivity contribution < 1.29 is 18.8 Å². The van der Waals surface area contributed by atoms with Crippen LogP contribution in [-0.4, -0.2) is 35.3 Å². The van der Waals surface area contributed by atoms with Crippen molar-refractivity contribution in [1.82, 2.24) is 4.90 Å². The third-order valence-corrected chi connectivity index (χ3v) is 4.17. The number of rotatable bonds is 6. The quantitative estimate of drug-likeness (QED) is 0.630. The number of nitrogens with one attached hydrogen (secondary N) is 1. The molecule has 1 aliphatic heterocycles. The zero-order valence-electron chi connectivity index (χ0n) is 14.5. The number of hydrogen-bond donors (Lipinski definition) is 1. The topological polar surface area (TPSA) is 69.7 Å². The van der Waals surface area contributed by atoms with Crippen molar-refractivity contribution in [3.8, 4) is 0 Å². The molecule has 0 aliphatic carbocycles. The molecule has 0 radical (unpaired) electrons. The van der Waals surface area contributed by atoms with Gasteiger partial charge in [0.25, 0.3) is 5.91 Å². The molecule has 1 atom stereocenters. The summed E-state index contributed by atoms with van der Waals surface area (Å²) >= 11 is 0. The van der Waals surface area contributed by atoms with Crippen LogP contribution in [0.5, 0.6) is 0 Å². The number of nitrogens with zero attached hydrogens (tertiary/aromatic N) is 2. The second-order valence-corrected chi connectivity index (χ2v) is 6.01. The summed E-state index contributed by atoms with van der Waals surface area (Å²) in [6.45, 7) is 3.75. The molecule has 1 fully saturated rings. The number of benzene rings is 2. The van der Waals surface area contributed by atoms with E-state index in [9.17, 15) is 18.8 Å². The molecule has 27 heavy (non-hydrogen) atoms. The first-order valence-electron chi connectivity index (χ1n) is 8.37. The molecule has 1 heterocycles. The Bertz CT molecular complexity index is 868. The number of carbonyl (C=O) groups excluding carboxylic acids is 3. The zero-order valence-corrected chi connectivity index (χ0v) is 14.5. The smallest absolute Gasteiger partial charge is 0.326 e. The molecule has 0 bridgehead atoms. The van der Waals surface area contributed by atoms with Gasteiger partial charge in [0.2, 0.25) is 5.91 Å². The Kier molecular flexibility index (Phi) is 5.30. The molecular weight excluding hydrogens is 349 g/mol. The monoisotopic (exact) mass is 367 g/mol. The fourth-order valence-corrected chi connectivity index (χ4v) is 2.92. The minimum absolute atomic E-state index is 0.141. The largest absolute Gasteiger partial charge is 0.332 e. The van der Waals surface area contributed by atoms with Gasteiger partial charge in [-0.1, -0.05) is 24.3 Å². The lowest BCUT2D eigenvalue weighted by Crippen LogP contribution is -2.38. The van der Waals surface area contributed by atoms with Crippen LogP contribution >= 0.6 is 0 Å². The minimum Gasteiger partial charge on any atom is -0.326 e. The molecule has 0 spiro atoms. The van der Waals surface area contributed by atoms with E-state index in [0.717, 1.165) is 4.90 Å². The Labute approximate surface area is 155 Å². The van der Waals surface area contributed by atoms with Gasteiger partial charge in [-0.05, 0) is 36.4 Å². The van der Waals surface area contributed by atoms with Crippen molar-refractivity contribution in [2.75, 3.05) is 16.8 Å². The van der Waals surface area contributed by atoms with Gasteiger partial charge in [-0.2, -0.15) is 0 Å². The summed E-state index contributed by atoms with van der Waals surface area (Å²) in [4.78, 5) is 40.3. The van der Waals surface area contributed by atoms with Gasteiger partial charge >= 0.3 is 6.03 Å². The van der Waals surface area contributed by atoms with E-state index in [1.54, 1.807) is 30.3 Å². The molecule has 3 rings (SSSR count). The van der Waals surface area contributed by atoms with Gasteiger partial charge < -0.3 is 10.2 Å². The van der Waals surface area contributed by atoms with Crippen LogP contribution in [-0.2, 0) is 9.59 Å². The summed E-state index contributed by atoms with van der Waals surface area (Å²) < 4.78 is 13.0. The summed E-state index contributed by atoms with van der Waals surface area (Å²) in [6.07, 6.45) is 1.30. The molecule has 2 aromatic carbocycles. The third-order valence-electron chi connectivity index (χ3n) is 4.17. The van der Waals surface area contributed by atoms with Crippen molar-refractivity contribution in [2.24, 2.45) is 0 Å². The summed E-state index contributed by atoms with van der Waals surface area (Å²) in [5.41, 5.74) is 0.858. The summed E-state index contributed by atoms with van der Waals surface area (Å²) in [5.74, 6) is -1.33. The highest BCUT2D eigenvalue weighted by molar-refractivity contribution is 6.22. The number of urea groups is 1. The van der Waals surface area contributed by atoms with E-state index in [-0.39, 0.29) is 13.0 Å². The van der Waals surface area contributed by atoms with Crippen molar-refractivity contribution in [3.05, 3.63) is 73.1 Å². The van der Waals surface area contributed by atoms with Crippen molar-refractivity contribution in [3.63, 3.8) is 0 Å². The molecule has 7 heteroatoms. The molecule has 1 saturated heterocycles. The van der Waals surface area contributed by atoms with Crippen LogP contribution in [0.3, 0.4) is 0 Å². The first kappa shape index (κ1) is 18.3. The maximum absolute atomic E-state index is 13.0. The second-order valence-electron chi connectivity index (χ2n) is 6.01. The average Bonchev–Trinajstić information content (AvgIpc) is 2.89. The third kappa shape index (κ3) is 3.87. The lowest BCUT2D eigenvalue weighted by molar-refractivity contribution is -0.124. The van der Waals surface area contributed by atoms with E-state index in [1.165, 1.54) is 35.2 Å². The Morgan fingerprint density at radius 3 is 2.41 bits per heavy atom. The Morgan fingerprint density at radius 2 is 1.78 bits per heavy atom. The summed E-state index contributed by atoms with van der Waals surface area (Å²) in [7, 11) is 0. The molecule has 2 aromatic rings. The number of para-hydroxylation sites is 1. The molecule has 6 nitrogen and oxygen atoms in total. The summed E-state index contributed by atoms with van der Waals surface area (Å²) in [6, 6.07) is 12.4. The number of imide groups is 1. The van der Waals surface area contributed by atoms with Crippen molar-refractivity contribution >= 4 is 29.2 Å². The van der Waals surface area contributed by atoms with Gasteiger partial charge in [0.1, 0.15) is 11.9 Å². The van der Waals surface area contributed by atoms with Gasteiger partial charge in [0.05, 0.1) is 12.1 Å². The van der Waals surface area contributed by atoms with E-state index in [1.807, 2.05) is 0 Å². The number of hydrogen-bond acceptors (Lipinski definition) is 3. The molecule has 1 N–H and O–H groups in total. The fourth-order valence-electron chi connectivity index (χ4n) is 2.92. The van der Waals surface area contributed by atoms with Crippen LogP contribution in [0, 0.1) is 5.82 Å². The van der Waals surface area contributed by atoms with Crippen molar-refractivity contribution in [1.29, 1.82) is 0 Å². The molecule has 0 saturated carbocycles. The number of halogens is 1. The van der Waals surface area contributed by atoms with E-state index < -0.39 is 29.7 Å². The van der Waals surface area contributed by atoms with Gasteiger partial charge in [-0.15, -0.1) is 6.58 Å². The second kappa shape index (κ2) is 7.82. The normalized spacial score (nSPS) is 16.6. The predicted molar refractivity (Wildman–Crippen MR) is 99.7 cm³/mol. The van der Waals surface area contributed by atoms with Gasteiger partial charge in [0.15, 0.2) is 0 Å². The van der Waals surface area contributed by atoms with E-state index in [2.05, 4.69) is 11.9 Å². The molecule has 4 amide bonds. The van der Waals surface area contributed by atoms with Crippen molar-refractivity contribution in [2.45, 2.75) is 12.5 Å². The number of amides is 4. The first-order chi connectivity index (χ1) is 13.0. The predicted octanol–water partition coefficient (Wildman–Crippen LogP) is 3.18. The Balaban J connectivity index is 1.78. The molecular formula is C20H18FN3O3. The van der Waals surface area contributed by atoms with E-state index in [4.69, 9.17) is 0 Å². The standard InChI is InChI=1S/C20H18FN3O3/c1-2-12-23-17(13-18(25)22-15-10-8-14(21)9-11-15)19(26)24(20(23)27)16-6-4-3-5-7-16/h2-11,17H,1,12-13H2,(H,22,25). The Hall–Kier alpha value is -3.48. The van der Waals surface area contributed by atoms with E-state index >= 15 is 0 Å². The van der Waals surface area contributed by atoms with Crippen LogP contribution in [0.15, 0.2) is 67.3 Å². The van der Waals surface area contributed by atoms with Gasteiger partial charge in [-0.3, -0.25) is 9.59 Å². The fraction of sp³-hybridized carbons (Fsp3) is 0.150. The highest BCUT2D eigenvalue weighted by atomic mass is 19.1. The van der Waals surface area contributed by atoms with Crippen LogP contribution < -0.4 is 10.2 Å². The highest BCUT2D eigenvalue weighted by Crippen LogP contribution is 2.26. The van der Waals surface area contributed by atoms with Crippen LogP contribution in [0.2, 0.25) is 0 Å². The first-order valence-corrected chi connectivity index (χ1v) is 8.37. The van der Waals surface area contributed by atoms with Gasteiger partial charge in [-0.25, -0.2) is 14.1 Å². The van der Waals surface area contributed by atoms with Crippen LogP contribution in [0.1, 0.15) is 6.42 Å². The molecule has 0 aromatic heterocycles. The van der Waals surface area contributed by atoms with Crippen LogP contribution in [0.25, 0.3) is 0 Å². The van der Waals surface area contributed by atoms with E-state index in [0.29, 0.717) is 11.4 Å². The molecule has 1 aliphatic rings. The molecule has 138 valence electrons. The van der Waals surface area contributed by atoms with Gasteiger partial charge in [0, 0.05) is 12.2 Å². The average molecular weight is 367 g/mol. The zero-order chi connectivity index (χ0) is 19.4. The molecule has 1 unspecified atom stereocenters. The lowest BCUT2D eigenvalue weighted by Gasteiger charge is -2.19. The summed E-state index contributed by atoms with van der Waals surface area (Å²) in [5, 5.41) is 2.61. The lowest BCUT2D eigenvalue weighted by atomic mass is 10.1. The maximum Gasteiger partial charge on any atom is 0.332 e. The van der Waals surface area contributed by atoms with Crippen LogP contribution in [0.4, 0.5) is 20.6 Å². The minimum atomic E-state index is -0.934. The highest BCUT2D eigenvalue weighted by Gasteiger charge is 2.46.